The largest absolute Gasteiger partial charge is 0.455 e. The van der Waals surface area contributed by atoms with Gasteiger partial charge in [-0.05, 0) is 55.1 Å². The van der Waals surface area contributed by atoms with Crippen molar-refractivity contribution in [3.05, 3.63) is 48.0 Å². The van der Waals surface area contributed by atoms with Crippen molar-refractivity contribution in [3.8, 4) is 17.1 Å². The Hall–Kier alpha value is -2.53. The third-order valence-corrected chi connectivity index (χ3v) is 4.56. The van der Waals surface area contributed by atoms with Crippen molar-refractivity contribution in [1.82, 2.24) is 0 Å². The predicted octanol–water partition coefficient (Wildman–Crippen LogP) is 4.88. The smallest absolute Gasteiger partial charge is 0.308 e. The predicted molar refractivity (Wildman–Crippen MR) is 99.1 cm³/mol. The molecule has 0 aliphatic rings. The van der Waals surface area contributed by atoms with Crippen LogP contribution in [-0.4, -0.2) is 18.0 Å². The zero-order valence-electron chi connectivity index (χ0n) is 14.3. The fourth-order valence-electron chi connectivity index (χ4n) is 2.75. The van der Waals surface area contributed by atoms with Crippen molar-refractivity contribution in [1.29, 1.82) is 0 Å². The van der Waals surface area contributed by atoms with Crippen LogP contribution in [0, 0.1) is 0 Å². The fraction of sp³-hybridized carbons (Fsp3) is 0.200. The summed E-state index contributed by atoms with van der Waals surface area (Å²) in [6, 6.07) is 13.1. The van der Waals surface area contributed by atoms with Crippen LogP contribution in [0.1, 0.15) is 19.4 Å². The quantitative estimate of drug-likeness (QED) is 0.371. The van der Waals surface area contributed by atoms with Gasteiger partial charge in [-0.2, -0.15) is 0 Å². The Kier molecular flexibility index (Phi) is 4.95. The number of thioether (sulfide) groups is 1. The molecule has 2 aromatic carbocycles. The molecular formula is C20H18O4S. The van der Waals surface area contributed by atoms with Gasteiger partial charge in [-0.1, -0.05) is 6.07 Å². The lowest BCUT2D eigenvalue weighted by atomic mass is 10.1. The Morgan fingerprint density at radius 2 is 1.80 bits per heavy atom. The molecular weight excluding hydrogens is 336 g/mol. The van der Waals surface area contributed by atoms with Crippen molar-refractivity contribution in [2.45, 2.75) is 25.2 Å². The average Bonchev–Trinajstić information content (AvgIpc) is 2.92. The molecule has 3 aromatic rings. The minimum Gasteiger partial charge on any atom is -0.455 e. The van der Waals surface area contributed by atoms with Gasteiger partial charge in [-0.15, -0.1) is 11.8 Å². The number of rotatable bonds is 5. The van der Waals surface area contributed by atoms with Gasteiger partial charge >= 0.3 is 5.97 Å². The summed E-state index contributed by atoms with van der Waals surface area (Å²) in [5.74, 6) is 1.06. The van der Waals surface area contributed by atoms with Crippen molar-refractivity contribution < 1.29 is 18.7 Å². The van der Waals surface area contributed by atoms with Gasteiger partial charge in [0.15, 0.2) is 0 Å². The van der Waals surface area contributed by atoms with Crippen LogP contribution in [-0.2, 0) is 16.0 Å². The van der Waals surface area contributed by atoms with Gasteiger partial charge in [-0.25, -0.2) is 0 Å². The number of furan rings is 1. The molecule has 0 aliphatic carbocycles. The molecule has 0 unspecified atom stereocenters. The Balaban J connectivity index is 2.03. The molecule has 3 rings (SSSR count). The zero-order chi connectivity index (χ0) is 18.0. The van der Waals surface area contributed by atoms with Gasteiger partial charge in [0.2, 0.25) is 0 Å². The van der Waals surface area contributed by atoms with Gasteiger partial charge in [0.25, 0.3) is 0 Å². The molecule has 5 heteroatoms. The van der Waals surface area contributed by atoms with Crippen LogP contribution in [0.5, 0.6) is 5.75 Å². The summed E-state index contributed by atoms with van der Waals surface area (Å²) in [5, 5.41) is 1.00. The molecule has 0 N–H and O–H groups in total. The zero-order valence-corrected chi connectivity index (χ0v) is 15.1. The SMILES string of the molecule is CSc1c(-c2ccc(OC(C)=O)cc2)oc2ccc(CC(C)=O)cc12. The highest BCUT2D eigenvalue weighted by Gasteiger charge is 2.16. The van der Waals surface area contributed by atoms with Gasteiger partial charge in [-0.3, -0.25) is 9.59 Å². The van der Waals surface area contributed by atoms with Crippen LogP contribution in [0.2, 0.25) is 0 Å². The average molecular weight is 354 g/mol. The van der Waals surface area contributed by atoms with Crippen LogP contribution >= 0.6 is 11.8 Å². The third kappa shape index (κ3) is 3.77. The van der Waals surface area contributed by atoms with E-state index in [0.29, 0.717) is 12.2 Å². The first-order valence-electron chi connectivity index (χ1n) is 7.85. The molecule has 0 radical (unpaired) electrons. The maximum Gasteiger partial charge on any atom is 0.308 e. The van der Waals surface area contributed by atoms with E-state index >= 15 is 0 Å². The summed E-state index contributed by atoms with van der Waals surface area (Å²) >= 11 is 1.60. The van der Waals surface area contributed by atoms with E-state index < -0.39 is 0 Å². The summed E-state index contributed by atoms with van der Waals surface area (Å²) in [7, 11) is 0. The number of esters is 1. The summed E-state index contributed by atoms with van der Waals surface area (Å²) < 4.78 is 11.1. The Bertz CT molecular complexity index is 938. The van der Waals surface area contributed by atoms with Gasteiger partial charge in [0.05, 0.1) is 4.90 Å². The van der Waals surface area contributed by atoms with Crippen molar-refractivity contribution >= 4 is 34.5 Å². The molecule has 0 bridgehead atoms. The topological polar surface area (TPSA) is 56.5 Å². The Morgan fingerprint density at radius 1 is 1.08 bits per heavy atom. The summed E-state index contributed by atoms with van der Waals surface area (Å²) in [6.07, 6.45) is 2.42. The normalized spacial score (nSPS) is 10.8. The first-order chi connectivity index (χ1) is 12.0. The number of Topliss-reactive ketones (excluding diaryl/α,β-unsaturated/α-hetero) is 1. The van der Waals surface area contributed by atoms with E-state index in [4.69, 9.17) is 9.15 Å². The molecule has 1 heterocycles. The highest BCUT2D eigenvalue weighted by molar-refractivity contribution is 7.99. The van der Waals surface area contributed by atoms with E-state index in [1.165, 1.54) is 6.92 Å². The van der Waals surface area contributed by atoms with Gasteiger partial charge in [0, 0.05) is 24.3 Å². The molecule has 0 saturated carbocycles. The number of carbonyl (C=O) groups excluding carboxylic acids is 2. The van der Waals surface area contributed by atoms with Crippen molar-refractivity contribution in [3.63, 3.8) is 0 Å². The maximum atomic E-state index is 11.4. The van der Waals surface area contributed by atoms with E-state index in [9.17, 15) is 9.59 Å². The van der Waals surface area contributed by atoms with E-state index in [-0.39, 0.29) is 11.8 Å². The highest BCUT2D eigenvalue weighted by Crippen LogP contribution is 2.40. The number of benzene rings is 2. The first kappa shape index (κ1) is 17.3. The summed E-state index contributed by atoms with van der Waals surface area (Å²) in [6.45, 7) is 2.96. The molecule has 0 fully saturated rings. The monoisotopic (exact) mass is 354 g/mol. The lowest BCUT2D eigenvalue weighted by Crippen LogP contribution is -2.00. The minimum absolute atomic E-state index is 0.134. The number of hydrogen-bond acceptors (Lipinski definition) is 5. The summed E-state index contributed by atoms with van der Waals surface area (Å²) in [5.41, 5.74) is 2.67. The van der Waals surface area contributed by atoms with Crippen LogP contribution < -0.4 is 4.74 Å². The van der Waals surface area contributed by atoms with Crippen LogP contribution in [0.15, 0.2) is 51.8 Å². The summed E-state index contributed by atoms with van der Waals surface area (Å²) in [4.78, 5) is 23.4. The fourth-order valence-corrected chi connectivity index (χ4v) is 3.48. The van der Waals surface area contributed by atoms with Gasteiger partial charge in [0.1, 0.15) is 22.9 Å². The van der Waals surface area contributed by atoms with E-state index in [1.807, 2.05) is 36.6 Å². The second kappa shape index (κ2) is 7.15. The number of ketones is 1. The number of hydrogen-bond donors (Lipinski definition) is 0. The molecule has 25 heavy (non-hydrogen) atoms. The van der Waals surface area contributed by atoms with Crippen LogP contribution in [0.4, 0.5) is 0 Å². The number of carbonyl (C=O) groups is 2. The molecule has 128 valence electrons. The molecule has 1 aromatic heterocycles. The molecule has 0 spiro atoms. The Morgan fingerprint density at radius 3 is 2.40 bits per heavy atom. The third-order valence-electron chi connectivity index (χ3n) is 3.74. The second-order valence-electron chi connectivity index (χ2n) is 5.79. The van der Waals surface area contributed by atoms with E-state index in [1.54, 1.807) is 30.8 Å². The molecule has 0 aliphatic heterocycles. The van der Waals surface area contributed by atoms with E-state index in [0.717, 1.165) is 32.8 Å². The number of fused-ring (bicyclic) bond motifs is 1. The standard InChI is InChI=1S/C20H18O4S/c1-12(21)10-14-4-9-18-17(11-14)20(25-3)19(24-18)15-5-7-16(8-6-15)23-13(2)22/h4-9,11H,10H2,1-3H3. The van der Waals surface area contributed by atoms with Crippen molar-refractivity contribution in [2.75, 3.05) is 6.26 Å². The maximum absolute atomic E-state index is 11.4. The van der Waals surface area contributed by atoms with Crippen molar-refractivity contribution in [2.24, 2.45) is 0 Å². The van der Waals surface area contributed by atoms with Gasteiger partial charge < -0.3 is 9.15 Å². The molecule has 0 atom stereocenters. The van der Waals surface area contributed by atoms with Crippen LogP contribution in [0.3, 0.4) is 0 Å². The first-order valence-corrected chi connectivity index (χ1v) is 9.08. The van der Waals surface area contributed by atoms with E-state index in [2.05, 4.69) is 0 Å². The molecule has 0 amide bonds. The minimum atomic E-state index is -0.348. The van der Waals surface area contributed by atoms with Crippen LogP contribution in [0.25, 0.3) is 22.3 Å². The molecule has 4 nitrogen and oxygen atoms in total. The Labute approximate surface area is 150 Å². The lowest BCUT2D eigenvalue weighted by molar-refractivity contribution is -0.131. The highest BCUT2D eigenvalue weighted by atomic mass is 32.2. The molecule has 0 saturated heterocycles. The second-order valence-corrected chi connectivity index (χ2v) is 6.61. The lowest BCUT2D eigenvalue weighted by Gasteiger charge is -2.03. The number of ether oxygens (including phenoxy) is 1.